The zero-order valence-corrected chi connectivity index (χ0v) is 16.8. The Morgan fingerprint density at radius 2 is 1.79 bits per heavy atom. The number of carbonyl (C=O) groups excluding carboxylic acids is 1. The van der Waals surface area contributed by atoms with Crippen molar-refractivity contribution in [3.05, 3.63) is 77.1 Å². The number of amides is 1. The van der Waals surface area contributed by atoms with Crippen molar-refractivity contribution in [3.8, 4) is 5.69 Å². The predicted octanol–water partition coefficient (Wildman–Crippen LogP) is 2.50. The van der Waals surface area contributed by atoms with Gasteiger partial charge in [0, 0.05) is 11.3 Å². The Morgan fingerprint density at radius 1 is 1.10 bits per heavy atom. The van der Waals surface area contributed by atoms with E-state index in [1.807, 2.05) is 41.9 Å². The van der Waals surface area contributed by atoms with Crippen LogP contribution in [0.25, 0.3) is 5.69 Å². The number of hydrogen-bond acceptors (Lipinski definition) is 4. The molecule has 0 fully saturated rings. The third-order valence-corrected chi connectivity index (χ3v) is 6.13. The summed E-state index contributed by atoms with van der Waals surface area (Å²) in [5.74, 6) is -0.235. The molecule has 0 unspecified atom stereocenters. The first-order chi connectivity index (χ1) is 13.8. The molecule has 0 saturated heterocycles. The molecule has 0 bridgehead atoms. The van der Waals surface area contributed by atoms with Gasteiger partial charge in [-0.15, -0.1) is 0 Å². The Labute approximate surface area is 169 Å². The molecule has 0 saturated carbocycles. The van der Waals surface area contributed by atoms with Crippen molar-refractivity contribution in [2.24, 2.45) is 5.14 Å². The lowest BCUT2D eigenvalue weighted by Gasteiger charge is -2.14. The van der Waals surface area contributed by atoms with Crippen molar-refractivity contribution >= 4 is 15.9 Å². The van der Waals surface area contributed by atoms with Crippen LogP contribution in [0, 0.1) is 0 Å². The average molecular weight is 410 g/mol. The molecule has 0 aliphatic heterocycles. The van der Waals surface area contributed by atoms with Crippen molar-refractivity contribution in [2.75, 3.05) is 0 Å². The lowest BCUT2D eigenvalue weighted by molar-refractivity contribution is 0.0933. The van der Waals surface area contributed by atoms with Gasteiger partial charge in [-0.1, -0.05) is 30.3 Å². The maximum Gasteiger partial charge on any atom is 0.272 e. The second kappa shape index (κ2) is 7.46. The maximum absolute atomic E-state index is 13.0. The van der Waals surface area contributed by atoms with Crippen LogP contribution >= 0.6 is 0 Å². The fraction of sp³-hybridized carbons (Fsp3) is 0.238. The minimum absolute atomic E-state index is 0.0409. The van der Waals surface area contributed by atoms with Crippen LogP contribution in [-0.2, 0) is 22.9 Å². The largest absolute Gasteiger partial charge is 0.344 e. The smallest absolute Gasteiger partial charge is 0.272 e. The van der Waals surface area contributed by atoms with Crippen LogP contribution in [0.5, 0.6) is 0 Å². The van der Waals surface area contributed by atoms with Crippen LogP contribution in [0.2, 0.25) is 0 Å². The lowest BCUT2D eigenvalue weighted by atomic mass is 10.1. The summed E-state index contributed by atoms with van der Waals surface area (Å²) in [5.41, 5.74) is 4.27. The first-order valence-corrected chi connectivity index (χ1v) is 11.0. The van der Waals surface area contributed by atoms with Gasteiger partial charge < -0.3 is 5.32 Å². The average Bonchev–Trinajstić information content (AvgIpc) is 3.30. The highest BCUT2D eigenvalue weighted by molar-refractivity contribution is 7.89. The molecule has 1 aliphatic rings. The number of nitrogens with one attached hydrogen (secondary N) is 1. The molecule has 2 aromatic carbocycles. The summed E-state index contributed by atoms with van der Waals surface area (Å²) in [6, 6.07) is 15.7. The first kappa shape index (κ1) is 19.4. The molecular formula is C21H22N4O3S. The van der Waals surface area contributed by atoms with Crippen LogP contribution in [0.3, 0.4) is 0 Å². The molecular weight excluding hydrogens is 388 g/mol. The van der Waals surface area contributed by atoms with Crippen molar-refractivity contribution in [3.63, 3.8) is 0 Å². The Morgan fingerprint density at radius 3 is 2.45 bits per heavy atom. The number of hydrogen-bond donors (Lipinski definition) is 2. The van der Waals surface area contributed by atoms with Crippen molar-refractivity contribution in [2.45, 2.75) is 37.1 Å². The van der Waals surface area contributed by atoms with Gasteiger partial charge in [-0.3, -0.25) is 4.79 Å². The van der Waals surface area contributed by atoms with Crippen LogP contribution in [0.4, 0.5) is 0 Å². The van der Waals surface area contributed by atoms with E-state index in [9.17, 15) is 13.2 Å². The SMILES string of the molecule is C[C@@H](NC(=O)c1nn(-c2ccccc2)c2c1CCC2)c1ccc(S(N)(=O)=O)cc1. The summed E-state index contributed by atoms with van der Waals surface area (Å²) in [7, 11) is -3.74. The summed E-state index contributed by atoms with van der Waals surface area (Å²) in [6.07, 6.45) is 2.74. The standard InChI is InChI=1S/C21H22N4O3S/c1-14(15-10-12-17(13-11-15)29(22,27)28)23-21(26)20-18-8-5-9-19(18)25(24-20)16-6-3-2-4-7-16/h2-4,6-7,10-14H,5,8-9H2,1H3,(H,23,26)(H2,22,27,28)/t14-/m1/s1. The number of nitrogens with zero attached hydrogens (tertiary/aromatic N) is 2. The molecule has 3 aromatic rings. The Balaban J connectivity index is 1.58. The van der Waals surface area contributed by atoms with E-state index in [2.05, 4.69) is 10.4 Å². The highest BCUT2D eigenvalue weighted by Crippen LogP contribution is 2.28. The third-order valence-electron chi connectivity index (χ3n) is 5.20. The molecule has 29 heavy (non-hydrogen) atoms. The molecule has 150 valence electrons. The van der Waals surface area contributed by atoms with E-state index in [1.54, 1.807) is 12.1 Å². The van der Waals surface area contributed by atoms with E-state index in [4.69, 9.17) is 5.14 Å². The summed E-state index contributed by atoms with van der Waals surface area (Å²) < 4.78 is 24.7. The summed E-state index contributed by atoms with van der Waals surface area (Å²) in [5, 5.41) is 12.7. The van der Waals surface area contributed by atoms with Crippen LogP contribution in [0.15, 0.2) is 59.5 Å². The number of para-hydroxylation sites is 1. The van der Waals surface area contributed by atoms with Gasteiger partial charge in [0.2, 0.25) is 10.0 Å². The van der Waals surface area contributed by atoms with Gasteiger partial charge in [0.1, 0.15) is 0 Å². The van der Waals surface area contributed by atoms with Crippen molar-refractivity contribution in [1.82, 2.24) is 15.1 Å². The Kier molecular flexibility index (Phi) is 4.97. The molecule has 3 N–H and O–H groups in total. The van der Waals surface area contributed by atoms with E-state index in [-0.39, 0.29) is 16.8 Å². The van der Waals surface area contributed by atoms with E-state index in [0.717, 1.165) is 41.8 Å². The molecule has 1 heterocycles. The lowest BCUT2D eigenvalue weighted by Crippen LogP contribution is -2.28. The summed E-state index contributed by atoms with van der Waals surface area (Å²) in [6.45, 7) is 1.85. The Hall–Kier alpha value is -2.97. The summed E-state index contributed by atoms with van der Waals surface area (Å²) in [4.78, 5) is 13.0. The van der Waals surface area contributed by atoms with Gasteiger partial charge in [-0.25, -0.2) is 18.2 Å². The normalized spacial score (nSPS) is 14.4. The van der Waals surface area contributed by atoms with E-state index in [1.165, 1.54) is 12.1 Å². The second-order valence-electron chi connectivity index (χ2n) is 7.18. The minimum atomic E-state index is -3.74. The number of sulfonamides is 1. The molecule has 4 rings (SSSR count). The molecule has 0 radical (unpaired) electrons. The highest BCUT2D eigenvalue weighted by atomic mass is 32.2. The molecule has 1 aliphatic carbocycles. The van der Waals surface area contributed by atoms with Gasteiger partial charge in [0.25, 0.3) is 5.91 Å². The highest BCUT2D eigenvalue weighted by Gasteiger charge is 2.27. The quantitative estimate of drug-likeness (QED) is 0.674. The van der Waals surface area contributed by atoms with Gasteiger partial charge in [-0.2, -0.15) is 5.10 Å². The van der Waals surface area contributed by atoms with Crippen LogP contribution in [-0.4, -0.2) is 24.1 Å². The maximum atomic E-state index is 13.0. The van der Waals surface area contributed by atoms with Crippen molar-refractivity contribution < 1.29 is 13.2 Å². The molecule has 1 aromatic heterocycles. The van der Waals surface area contributed by atoms with Gasteiger partial charge in [-0.05, 0) is 56.0 Å². The number of aromatic nitrogens is 2. The molecule has 8 heteroatoms. The Bertz CT molecular complexity index is 1150. The number of benzene rings is 2. The fourth-order valence-corrected chi connectivity index (χ4v) is 4.21. The molecule has 1 atom stereocenters. The van der Waals surface area contributed by atoms with Gasteiger partial charge in [0.15, 0.2) is 5.69 Å². The monoisotopic (exact) mass is 410 g/mol. The zero-order valence-electron chi connectivity index (χ0n) is 16.0. The van der Waals surface area contributed by atoms with E-state index < -0.39 is 10.0 Å². The number of rotatable bonds is 5. The number of carbonyl (C=O) groups is 1. The number of primary sulfonamides is 1. The fourth-order valence-electron chi connectivity index (χ4n) is 3.70. The predicted molar refractivity (Wildman–Crippen MR) is 109 cm³/mol. The number of nitrogens with two attached hydrogens (primary N) is 1. The van der Waals surface area contributed by atoms with Crippen LogP contribution in [0.1, 0.15) is 46.7 Å². The topological polar surface area (TPSA) is 107 Å². The van der Waals surface area contributed by atoms with Crippen LogP contribution < -0.4 is 10.5 Å². The number of fused-ring (bicyclic) bond motifs is 1. The van der Waals surface area contributed by atoms with Gasteiger partial charge >= 0.3 is 0 Å². The molecule has 1 amide bonds. The third kappa shape index (κ3) is 3.81. The first-order valence-electron chi connectivity index (χ1n) is 9.44. The van der Waals surface area contributed by atoms with Crippen molar-refractivity contribution in [1.29, 1.82) is 0 Å². The molecule has 0 spiro atoms. The van der Waals surface area contributed by atoms with Gasteiger partial charge in [0.05, 0.1) is 16.6 Å². The molecule has 7 nitrogen and oxygen atoms in total. The minimum Gasteiger partial charge on any atom is -0.344 e. The van der Waals surface area contributed by atoms with E-state index >= 15 is 0 Å². The zero-order chi connectivity index (χ0) is 20.6. The van der Waals surface area contributed by atoms with E-state index in [0.29, 0.717) is 5.69 Å². The summed E-state index contributed by atoms with van der Waals surface area (Å²) >= 11 is 0. The second-order valence-corrected chi connectivity index (χ2v) is 8.75.